The third-order valence-electron chi connectivity index (χ3n) is 15.3. The van der Waals surface area contributed by atoms with Crippen LogP contribution in [0.2, 0.25) is 0 Å². The van der Waals surface area contributed by atoms with E-state index in [4.69, 9.17) is 0 Å². The van der Waals surface area contributed by atoms with Gasteiger partial charge < -0.3 is 9.47 Å². The largest absolute Gasteiger partial charge is 0.310 e. The maximum atomic E-state index is 2.55. The van der Waals surface area contributed by atoms with E-state index in [9.17, 15) is 0 Å². The van der Waals surface area contributed by atoms with Crippen LogP contribution in [-0.2, 0) is 5.41 Å². The van der Waals surface area contributed by atoms with E-state index in [2.05, 4.69) is 264 Å². The summed E-state index contributed by atoms with van der Waals surface area (Å²) >= 11 is 0. The number of anilines is 3. The molecule has 0 N–H and O–H groups in total. The molecule has 320 valence electrons. The van der Waals surface area contributed by atoms with Gasteiger partial charge in [-0.1, -0.05) is 200 Å². The first kappa shape index (κ1) is 38.2. The molecule has 2 nitrogen and oxygen atoms in total. The van der Waals surface area contributed by atoms with Crippen LogP contribution in [0.25, 0.3) is 93.2 Å². The SMILES string of the molecule is c1ccc(-n2c3ccccc3c3cc(N(c4ccc5c(c4)C4(c6ccccc6-5)c5ccccc5-c5cccc6ccc(-c7cccc8ccccc78)c4c56)c4cccc5ccccc45)ccc32)cc1. The molecule has 15 rings (SSSR count). The van der Waals surface area contributed by atoms with E-state index in [-0.39, 0.29) is 0 Å². The lowest BCUT2D eigenvalue weighted by molar-refractivity contribution is 0.775. The topological polar surface area (TPSA) is 8.17 Å². The standard InChI is InChI=1S/C67H42N2/c1-2-22-46(23-3-1)69-63-33-13-10-28-55(63)58-41-47(37-40-64(58)69)68(62-34-16-20-44-18-5-7-25-50(44)62)48-36-39-54-52-26-8-11-31-59(52)67(61(54)42-48)60-32-12-9-27-53(60)56-30-15-21-45-35-38-57(66(67)65(45)56)51-29-14-19-43-17-4-6-24-49(43)51/h1-42H. The molecule has 0 aliphatic heterocycles. The molecule has 69 heavy (non-hydrogen) atoms. The average molecular weight is 875 g/mol. The van der Waals surface area contributed by atoms with E-state index in [0.717, 1.165) is 22.7 Å². The van der Waals surface area contributed by atoms with Crippen molar-refractivity contribution >= 4 is 71.2 Å². The summed E-state index contributed by atoms with van der Waals surface area (Å²) in [4.78, 5) is 2.52. The zero-order chi connectivity index (χ0) is 45.2. The van der Waals surface area contributed by atoms with Crippen LogP contribution in [0.1, 0.15) is 22.3 Å². The Morgan fingerprint density at radius 3 is 1.65 bits per heavy atom. The first-order valence-electron chi connectivity index (χ1n) is 24.0. The molecule has 0 fully saturated rings. The number of hydrogen-bond acceptors (Lipinski definition) is 1. The van der Waals surface area contributed by atoms with Crippen molar-refractivity contribution in [2.45, 2.75) is 5.41 Å². The Hall–Kier alpha value is -8.98. The molecule has 0 saturated carbocycles. The van der Waals surface area contributed by atoms with Gasteiger partial charge in [0.05, 0.1) is 22.1 Å². The molecule has 0 amide bonds. The van der Waals surface area contributed by atoms with Crippen LogP contribution in [0.3, 0.4) is 0 Å². The van der Waals surface area contributed by atoms with Gasteiger partial charge in [0.2, 0.25) is 0 Å². The van der Waals surface area contributed by atoms with Crippen LogP contribution < -0.4 is 4.90 Å². The Kier molecular flexibility index (Phi) is 8.02. The lowest BCUT2D eigenvalue weighted by Crippen LogP contribution is -2.32. The Bertz CT molecular complexity index is 4260. The molecule has 2 heteroatoms. The summed E-state index contributed by atoms with van der Waals surface area (Å²) < 4.78 is 2.40. The summed E-state index contributed by atoms with van der Waals surface area (Å²) in [6.07, 6.45) is 0. The van der Waals surface area contributed by atoms with E-state index in [1.165, 1.54) is 110 Å². The first-order valence-corrected chi connectivity index (χ1v) is 24.0. The van der Waals surface area contributed by atoms with Crippen LogP contribution in [-0.4, -0.2) is 4.57 Å². The molecule has 12 aromatic carbocycles. The van der Waals surface area contributed by atoms with Crippen molar-refractivity contribution in [3.63, 3.8) is 0 Å². The van der Waals surface area contributed by atoms with E-state index in [1.807, 2.05) is 0 Å². The Balaban J connectivity index is 1.06. The first-order chi connectivity index (χ1) is 34.3. The molecule has 1 spiro atoms. The van der Waals surface area contributed by atoms with Crippen molar-refractivity contribution in [2.24, 2.45) is 0 Å². The lowest BCUT2D eigenvalue weighted by Gasteiger charge is -2.42. The third-order valence-corrected chi connectivity index (χ3v) is 15.3. The predicted molar refractivity (Wildman–Crippen MR) is 290 cm³/mol. The van der Waals surface area contributed by atoms with Crippen LogP contribution in [0.5, 0.6) is 0 Å². The average Bonchev–Trinajstić information content (AvgIpc) is 3.90. The molecular formula is C67H42N2. The van der Waals surface area contributed by atoms with Gasteiger partial charge >= 0.3 is 0 Å². The lowest BCUT2D eigenvalue weighted by atomic mass is 9.60. The number of aromatic nitrogens is 1. The zero-order valence-corrected chi connectivity index (χ0v) is 37.6. The van der Waals surface area contributed by atoms with Crippen LogP contribution in [0.4, 0.5) is 17.1 Å². The summed E-state index contributed by atoms with van der Waals surface area (Å²) in [5, 5.41) is 9.92. The van der Waals surface area contributed by atoms with Crippen molar-refractivity contribution in [3.8, 4) is 39.1 Å². The minimum absolute atomic E-state index is 0.657. The summed E-state index contributed by atoms with van der Waals surface area (Å²) in [5.74, 6) is 0. The van der Waals surface area contributed by atoms with Gasteiger partial charge in [-0.05, 0) is 137 Å². The fraction of sp³-hybridized carbons (Fsp3) is 0.0149. The van der Waals surface area contributed by atoms with Crippen LogP contribution >= 0.6 is 0 Å². The number of nitrogens with zero attached hydrogens (tertiary/aromatic N) is 2. The van der Waals surface area contributed by atoms with Gasteiger partial charge in [0.1, 0.15) is 0 Å². The number of rotatable bonds is 5. The summed E-state index contributed by atoms with van der Waals surface area (Å²) in [5.41, 5.74) is 19.1. The van der Waals surface area contributed by atoms with Gasteiger partial charge in [-0.2, -0.15) is 0 Å². The van der Waals surface area contributed by atoms with Crippen LogP contribution in [0.15, 0.2) is 255 Å². The van der Waals surface area contributed by atoms with Gasteiger partial charge in [-0.3, -0.25) is 0 Å². The maximum Gasteiger partial charge on any atom is 0.0732 e. The molecule has 2 aliphatic rings. The number of para-hydroxylation sites is 2. The van der Waals surface area contributed by atoms with Crippen LogP contribution in [0, 0.1) is 0 Å². The minimum Gasteiger partial charge on any atom is -0.310 e. The predicted octanol–water partition coefficient (Wildman–Crippen LogP) is 17.7. The maximum absolute atomic E-state index is 2.55. The second-order valence-corrected chi connectivity index (χ2v) is 18.7. The number of hydrogen-bond donors (Lipinski definition) is 0. The third kappa shape index (κ3) is 5.26. The second-order valence-electron chi connectivity index (χ2n) is 18.7. The summed E-state index contributed by atoms with van der Waals surface area (Å²) in [6.45, 7) is 0. The number of fused-ring (bicyclic) bond motifs is 14. The normalized spacial score (nSPS) is 14.4. The molecule has 1 unspecified atom stereocenters. The highest BCUT2D eigenvalue weighted by Gasteiger charge is 2.51. The molecule has 0 saturated heterocycles. The van der Waals surface area contributed by atoms with Crippen molar-refractivity contribution in [2.75, 3.05) is 4.90 Å². The van der Waals surface area contributed by atoms with E-state index in [0.29, 0.717) is 0 Å². The quantitative estimate of drug-likeness (QED) is 0.167. The van der Waals surface area contributed by atoms with Gasteiger partial charge in [0, 0.05) is 33.2 Å². The molecular weight excluding hydrogens is 833 g/mol. The van der Waals surface area contributed by atoms with Gasteiger partial charge in [-0.25, -0.2) is 0 Å². The van der Waals surface area contributed by atoms with E-state index in [1.54, 1.807) is 0 Å². The summed E-state index contributed by atoms with van der Waals surface area (Å²) in [7, 11) is 0. The van der Waals surface area contributed by atoms with E-state index >= 15 is 0 Å². The molecule has 1 heterocycles. The Labute approximate surface area is 400 Å². The van der Waals surface area contributed by atoms with Gasteiger partial charge in [0.15, 0.2) is 0 Å². The van der Waals surface area contributed by atoms with Crippen molar-refractivity contribution in [1.29, 1.82) is 0 Å². The van der Waals surface area contributed by atoms with Gasteiger partial charge in [-0.15, -0.1) is 0 Å². The highest BCUT2D eigenvalue weighted by molar-refractivity contribution is 6.14. The second kappa shape index (κ2) is 14.5. The van der Waals surface area contributed by atoms with Crippen molar-refractivity contribution in [3.05, 3.63) is 277 Å². The molecule has 1 atom stereocenters. The fourth-order valence-electron chi connectivity index (χ4n) is 12.6. The summed E-state index contributed by atoms with van der Waals surface area (Å²) in [6, 6.07) is 95.3. The highest BCUT2D eigenvalue weighted by atomic mass is 15.1. The minimum atomic E-state index is -0.657. The van der Waals surface area contributed by atoms with E-state index < -0.39 is 5.41 Å². The monoisotopic (exact) mass is 874 g/mol. The van der Waals surface area contributed by atoms with Crippen molar-refractivity contribution < 1.29 is 0 Å². The zero-order valence-electron chi connectivity index (χ0n) is 37.6. The fourth-order valence-corrected chi connectivity index (χ4v) is 12.6. The molecule has 0 radical (unpaired) electrons. The Morgan fingerprint density at radius 2 is 0.841 bits per heavy atom. The molecule has 1 aromatic heterocycles. The van der Waals surface area contributed by atoms with Gasteiger partial charge in [0.25, 0.3) is 0 Å². The number of benzene rings is 12. The highest BCUT2D eigenvalue weighted by Crippen LogP contribution is 2.64. The van der Waals surface area contributed by atoms with Crippen molar-refractivity contribution in [1.82, 2.24) is 4.57 Å². The molecule has 13 aromatic rings. The molecule has 2 aliphatic carbocycles. The Morgan fingerprint density at radius 1 is 0.304 bits per heavy atom. The molecule has 0 bridgehead atoms. The smallest absolute Gasteiger partial charge is 0.0732 e.